The van der Waals surface area contributed by atoms with E-state index < -0.39 is 11.6 Å². The van der Waals surface area contributed by atoms with Crippen LogP contribution in [0, 0.1) is 17.6 Å². The van der Waals surface area contributed by atoms with Crippen molar-refractivity contribution in [3.8, 4) is 0 Å². The van der Waals surface area contributed by atoms with Crippen molar-refractivity contribution >= 4 is 6.03 Å². The third kappa shape index (κ3) is 4.90. The molecule has 0 aliphatic carbocycles. The predicted molar refractivity (Wildman–Crippen MR) is 118 cm³/mol. The average molecular weight is 444 g/mol. The maximum absolute atomic E-state index is 13.8. The third-order valence-electron chi connectivity index (χ3n) is 6.40. The maximum atomic E-state index is 13.8. The highest BCUT2D eigenvalue weighted by atomic mass is 19.2. The van der Waals surface area contributed by atoms with Crippen molar-refractivity contribution in [1.82, 2.24) is 25.1 Å². The molecule has 3 heterocycles. The van der Waals surface area contributed by atoms with E-state index in [1.807, 2.05) is 6.20 Å². The Morgan fingerprint density at radius 3 is 2.78 bits per heavy atom. The van der Waals surface area contributed by atoms with Gasteiger partial charge >= 0.3 is 6.03 Å². The number of carbonyl (C=O) groups excluding carboxylic acids is 1. The van der Waals surface area contributed by atoms with Gasteiger partial charge in [-0.25, -0.2) is 23.5 Å². The highest BCUT2D eigenvalue weighted by molar-refractivity contribution is 5.75. The Labute approximate surface area is 188 Å². The van der Waals surface area contributed by atoms with Gasteiger partial charge < -0.3 is 15.1 Å². The molecule has 1 saturated heterocycles. The SMILES string of the molecule is CCN1CC(NC(=O)N2CCc3cnc(CC(C)C)nc3C2)[C@H](c2ccc(F)c(F)c2)C1. The van der Waals surface area contributed by atoms with E-state index in [9.17, 15) is 13.6 Å². The molecular formula is C24H31F2N5O. The monoisotopic (exact) mass is 443 g/mol. The highest BCUT2D eigenvalue weighted by Crippen LogP contribution is 2.29. The molecule has 0 bridgehead atoms. The summed E-state index contributed by atoms with van der Waals surface area (Å²) in [5, 5.41) is 3.16. The number of aromatic nitrogens is 2. The summed E-state index contributed by atoms with van der Waals surface area (Å²) in [6.07, 6.45) is 3.43. The Balaban J connectivity index is 1.47. The van der Waals surface area contributed by atoms with Crippen LogP contribution in [0.1, 0.15) is 49.3 Å². The lowest BCUT2D eigenvalue weighted by Crippen LogP contribution is -2.49. The van der Waals surface area contributed by atoms with Crippen LogP contribution in [0.2, 0.25) is 0 Å². The largest absolute Gasteiger partial charge is 0.333 e. The minimum absolute atomic E-state index is 0.0916. The first kappa shape index (κ1) is 22.6. The quantitative estimate of drug-likeness (QED) is 0.768. The van der Waals surface area contributed by atoms with Crippen LogP contribution in [0.4, 0.5) is 13.6 Å². The van der Waals surface area contributed by atoms with Gasteiger partial charge in [0.15, 0.2) is 11.6 Å². The molecule has 1 aromatic carbocycles. The molecule has 0 radical (unpaired) electrons. The fraction of sp³-hybridized carbons (Fsp3) is 0.542. The Hall–Kier alpha value is -2.61. The summed E-state index contributed by atoms with van der Waals surface area (Å²) < 4.78 is 27.3. The summed E-state index contributed by atoms with van der Waals surface area (Å²) in [4.78, 5) is 26.3. The van der Waals surface area contributed by atoms with Crippen LogP contribution in [-0.4, -0.2) is 58.0 Å². The molecule has 2 aromatic rings. The van der Waals surface area contributed by atoms with Crippen molar-refractivity contribution in [3.63, 3.8) is 0 Å². The molecule has 1 fully saturated rings. The molecule has 172 valence electrons. The second-order valence-corrected chi connectivity index (χ2v) is 9.22. The average Bonchev–Trinajstić information content (AvgIpc) is 3.17. The Morgan fingerprint density at radius 2 is 2.06 bits per heavy atom. The van der Waals surface area contributed by atoms with Crippen LogP contribution in [0.25, 0.3) is 0 Å². The first-order chi connectivity index (χ1) is 15.3. The number of likely N-dealkylation sites (N-methyl/N-ethyl adjacent to an activating group) is 1. The summed E-state index contributed by atoms with van der Waals surface area (Å²) in [6.45, 7) is 9.58. The van der Waals surface area contributed by atoms with Crippen molar-refractivity contribution in [1.29, 1.82) is 0 Å². The number of nitrogens with one attached hydrogen (secondary N) is 1. The van der Waals surface area contributed by atoms with E-state index in [0.717, 1.165) is 42.5 Å². The molecule has 8 heteroatoms. The van der Waals surface area contributed by atoms with E-state index in [-0.39, 0.29) is 18.0 Å². The summed E-state index contributed by atoms with van der Waals surface area (Å²) in [5.41, 5.74) is 2.72. The van der Waals surface area contributed by atoms with Gasteiger partial charge in [-0.15, -0.1) is 0 Å². The molecule has 0 spiro atoms. The van der Waals surface area contributed by atoms with Crippen molar-refractivity contribution in [2.24, 2.45) is 5.92 Å². The van der Waals surface area contributed by atoms with E-state index in [1.54, 1.807) is 11.0 Å². The number of hydrogen-bond donors (Lipinski definition) is 1. The van der Waals surface area contributed by atoms with E-state index in [4.69, 9.17) is 4.98 Å². The lowest BCUT2D eigenvalue weighted by molar-refractivity contribution is 0.186. The zero-order chi connectivity index (χ0) is 22.8. The van der Waals surface area contributed by atoms with Gasteiger partial charge in [-0.2, -0.15) is 0 Å². The fourth-order valence-electron chi connectivity index (χ4n) is 4.60. The third-order valence-corrected chi connectivity index (χ3v) is 6.40. The fourth-order valence-corrected chi connectivity index (χ4v) is 4.60. The van der Waals surface area contributed by atoms with E-state index >= 15 is 0 Å². The zero-order valence-corrected chi connectivity index (χ0v) is 18.9. The number of hydrogen-bond acceptors (Lipinski definition) is 4. The second kappa shape index (κ2) is 9.48. The summed E-state index contributed by atoms with van der Waals surface area (Å²) in [6, 6.07) is 3.72. The molecule has 2 amide bonds. The van der Waals surface area contributed by atoms with Crippen molar-refractivity contribution < 1.29 is 13.6 Å². The van der Waals surface area contributed by atoms with Crippen molar-refractivity contribution in [2.75, 3.05) is 26.2 Å². The van der Waals surface area contributed by atoms with Crippen LogP contribution in [0.5, 0.6) is 0 Å². The number of fused-ring (bicyclic) bond motifs is 1. The minimum atomic E-state index is -0.856. The number of halogens is 2. The number of benzene rings is 1. The summed E-state index contributed by atoms with van der Waals surface area (Å²) in [7, 11) is 0. The van der Waals surface area contributed by atoms with Gasteiger partial charge in [0.1, 0.15) is 5.82 Å². The van der Waals surface area contributed by atoms with Gasteiger partial charge in [-0.1, -0.05) is 26.8 Å². The lowest BCUT2D eigenvalue weighted by Gasteiger charge is -2.30. The van der Waals surface area contributed by atoms with Crippen LogP contribution in [-0.2, 0) is 19.4 Å². The van der Waals surface area contributed by atoms with E-state index in [0.29, 0.717) is 37.7 Å². The van der Waals surface area contributed by atoms with Gasteiger partial charge in [0.2, 0.25) is 0 Å². The molecule has 1 unspecified atom stereocenters. The van der Waals surface area contributed by atoms with Crippen LogP contribution >= 0.6 is 0 Å². The molecule has 4 rings (SSSR count). The smallest absolute Gasteiger partial charge is 0.318 e. The lowest BCUT2D eigenvalue weighted by atomic mass is 9.94. The minimum Gasteiger partial charge on any atom is -0.333 e. The molecule has 2 atom stereocenters. The van der Waals surface area contributed by atoms with Gasteiger partial charge in [0, 0.05) is 38.2 Å². The summed E-state index contributed by atoms with van der Waals surface area (Å²) in [5.74, 6) is -0.523. The predicted octanol–water partition coefficient (Wildman–Crippen LogP) is 3.51. The number of urea groups is 1. The van der Waals surface area contributed by atoms with Gasteiger partial charge in [0.05, 0.1) is 18.3 Å². The van der Waals surface area contributed by atoms with Gasteiger partial charge in [-0.05, 0) is 42.1 Å². The first-order valence-electron chi connectivity index (χ1n) is 11.4. The van der Waals surface area contributed by atoms with E-state index in [2.05, 4.69) is 36.0 Å². The zero-order valence-electron chi connectivity index (χ0n) is 18.9. The number of likely N-dealkylation sites (tertiary alicyclic amines) is 1. The van der Waals surface area contributed by atoms with Gasteiger partial charge in [-0.3, -0.25) is 0 Å². The molecule has 2 aliphatic heterocycles. The van der Waals surface area contributed by atoms with Crippen molar-refractivity contribution in [2.45, 2.75) is 52.1 Å². The molecule has 0 saturated carbocycles. The number of carbonyl (C=O) groups is 1. The van der Waals surface area contributed by atoms with Crippen molar-refractivity contribution in [3.05, 3.63) is 58.7 Å². The normalized spacial score (nSPS) is 21.1. The topological polar surface area (TPSA) is 61.4 Å². The van der Waals surface area contributed by atoms with Gasteiger partial charge in [0.25, 0.3) is 0 Å². The molecule has 6 nitrogen and oxygen atoms in total. The molecule has 32 heavy (non-hydrogen) atoms. The first-order valence-corrected chi connectivity index (χ1v) is 11.4. The maximum Gasteiger partial charge on any atom is 0.318 e. The number of nitrogens with zero attached hydrogens (tertiary/aromatic N) is 4. The number of rotatable bonds is 5. The second-order valence-electron chi connectivity index (χ2n) is 9.22. The summed E-state index contributed by atoms with van der Waals surface area (Å²) >= 11 is 0. The Bertz CT molecular complexity index is 983. The van der Waals surface area contributed by atoms with Crippen LogP contribution < -0.4 is 5.32 Å². The van der Waals surface area contributed by atoms with Crippen LogP contribution in [0.3, 0.4) is 0 Å². The molecule has 1 aromatic heterocycles. The molecule has 2 aliphatic rings. The molecule has 1 N–H and O–H groups in total. The standard InChI is InChI=1S/C24H31F2N5O/c1-4-30-12-18(16-5-6-19(25)20(26)10-16)22(13-30)29-24(32)31-8-7-17-11-27-23(9-15(2)3)28-21(17)14-31/h5-6,10-11,15,18,22H,4,7-9,12-14H2,1-3H3,(H,29,32)/t18-,22?/m0/s1. The van der Waals surface area contributed by atoms with E-state index in [1.165, 1.54) is 6.07 Å². The number of amides is 2. The van der Waals surface area contributed by atoms with Crippen LogP contribution in [0.15, 0.2) is 24.4 Å². The Kier molecular flexibility index (Phi) is 6.69. The Morgan fingerprint density at radius 1 is 1.25 bits per heavy atom. The highest BCUT2D eigenvalue weighted by Gasteiger charge is 2.36. The molecular weight excluding hydrogens is 412 g/mol.